The van der Waals surface area contributed by atoms with Gasteiger partial charge in [-0.1, -0.05) is 0 Å². The fraction of sp³-hybridized carbons (Fsp3) is 0.500. The van der Waals surface area contributed by atoms with Crippen molar-refractivity contribution < 1.29 is 19.0 Å². The third-order valence-corrected chi connectivity index (χ3v) is 3.93. The van der Waals surface area contributed by atoms with Gasteiger partial charge in [0, 0.05) is 23.7 Å². The molecule has 6 heteroatoms. The second-order valence-electron chi connectivity index (χ2n) is 4.55. The van der Waals surface area contributed by atoms with Crippen molar-refractivity contribution in [3.8, 4) is 11.5 Å². The van der Waals surface area contributed by atoms with Crippen molar-refractivity contribution in [1.82, 2.24) is 5.32 Å². The number of rotatable bonds is 4. The fourth-order valence-corrected chi connectivity index (χ4v) is 2.64. The molecule has 2 rings (SSSR count). The van der Waals surface area contributed by atoms with Gasteiger partial charge in [0.15, 0.2) is 11.5 Å². The molecule has 1 aromatic rings. The van der Waals surface area contributed by atoms with Crippen LogP contribution in [0.5, 0.6) is 11.5 Å². The van der Waals surface area contributed by atoms with Gasteiger partial charge in [0.1, 0.15) is 0 Å². The lowest BCUT2D eigenvalue weighted by molar-refractivity contribution is 0.0696. The molecule has 1 aromatic carbocycles. The van der Waals surface area contributed by atoms with Crippen LogP contribution in [0.15, 0.2) is 16.6 Å². The summed E-state index contributed by atoms with van der Waals surface area (Å²) in [6, 6.07) is 3.58. The van der Waals surface area contributed by atoms with Gasteiger partial charge >= 0.3 is 0 Å². The van der Waals surface area contributed by atoms with Gasteiger partial charge in [-0.05, 0) is 40.9 Å². The third-order valence-electron chi connectivity index (χ3n) is 3.27. The molecule has 0 spiro atoms. The number of benzene rings is 1. The van der Waals surface area contributed by atoms with Crippen molar-refractivity contribution in [3.05, 3.63) is 22.2 Å². The monoisotopic (exact) mass is 343 g/mol. The van der Waals surface area contributed by atoms with E-state index in [1.54, 1.807) is 26.4 Å². The molecule has 0 aliphatic carbocycles. The smallest absolute Gasteiger partial charge is 0.252 e. The quantitative estimate of drug-likeness (QED) is 0.911. The minimum atomic E-state index is -0.121. The van der Waals surface area contributed by atoms with E-state index in [0.29, 0.717) is 34.7 Å². The number of methoxy groups -OCH3 is 2. The Hall–Kier alpha value is -1.27. The van der Waals surface area contributed by atoms with Crippen molar-refractivity contribution in [2.24, 2.45) is 0 Å². The van der Waals surface area contributed by atoms with E-state index in [0.717, 1.165) is 12.8 Å². The minimum Gasteiger partial charge on any atom is -0.493 e. The first-order valence-corrected chi connectivity index (χ1v) is 7.25. The van der Waals surface area contributed by atoms with Crippen LogP contribution in [0, 0.1) is 0 Å². The summed E-state index contributed by atoms with van der Waals surface area (Å²) >= 11 is 3.40. The number of nitrogens with one attached hydrogen (secondary N) is 1. The highest BCUT2D eigenvalue weighted by atomic mass is 79.9. The van der Waals surface area contributed by atoms with Crippen LogP contribution >= 0.6 is 15.9 Å². The SMILES string of the molecule is COc1cc(Br)c(C(=O)NC2CCOCC2)cc1OC. The molecule has 1 N–H and O–H groups in total. The predicted molar refractivity (Wildman–Crippen MR) is 78.6 cm³/mol. The van der Waals surface area contributed by atoms with Crippen LogP contribution in [0.2, 0.25) is 0 Å². The first-order chi connectivity index (χ1) is 9.65. The summed E-state index contributed by atoms with van der Waals surface area (Å²) in [5.74, 6) is 1.000. The Morgan fingerprint density at radius 3 is 2.45 bits per heavy atom. The molecular weight excluding hydrogens is 326 g/mol. The van der Waals surface area contributed by atoms with Gasteiger partial charge in [-0.25, -0.2) is 0 Å². The molecular formula is C14H18BrNO4. The van der Waals surface area contributed by atoms with Crippen molar-refractivity contribution in [2.75, 3.05) is 27.4 Å². The molecule has 0 unspecified atom stereocenters. The number of carbonyl (C=O) groups excluding carboxylic acids is 1. The largest absolute Gasteiger partial charge is 0.493 e. The second-order valence-corrected chi connectivity index (χ2v) is 5.40. The molecule has 1 saturated heterocycles. The summed E-state index contributed by atoms with van der Waals surface area (Å²) < 4.78 is 16.4. The van der Waals surface area contributed by atoms with Crippen LogP contribution in [0.25, 0.3) is 0 Å². The van der Waals surface area contributed by atoms with Gasteiger partial charge in [-0.3, -0.25) is 4.79 Å². The van der Waals surface area contributed by atoms with Gasteiger partial charge in [0.2, 0.25) is 0 Å². The summed E-state index contributed by atoms with van der Waals surface area (Å²) in [6.07, 6.45) is 1.69. The molecule has 0 bridgehead atoms. The second kappa shape index (κ2) is 6.95. The normalized spacial score (nSPS) is 15.8. The molecule has 1 heterocycles. The average molecular weight is 344 g/mol. The van der Waals surface area contributed by atoms with E-state index in [9.17, 15) is 4.79 Å². The fourth-order valence-electron chi connectivity index (χ4n) is 2.13. The van der Waals surface area contributed by atoms with E-state index >= 15 is 0 Å². The maximum Gasteiger partial charge on any atom is 0.252 e. The lowest BCUT2D eigenvalue weighted by atomic mass is 10.1. The van der Waals surface area contributed by atoms with Crippen molar-refractivity contribution in [2.45, 2.75) is 18.9 Å². The molecule has 1 fully saturated rings. The average Bonchev–Trinajstić information content (AvgIpc) is 2.47. The highest BCUT2D eigenvalue weighted by Gasteiger charge is 2.20. The summed E-state index contributed by atoms with van der Waals surface area (Å²) in [6.45, 7) is 1.39. The number of hydrogen-bond acceptors (Lipinski definition) is 4. The zero-order valence-electron chi connectivity index (χ0n) is 11.6. The molecule has 0 saturated carbocycles. The van der Waals surface area contributed by atoms with Crippen LogP contribution in [0.1, 0.15) is 23.2 Å². The van der Waals surface area contributed by atoms with Gasteiger partial charge in [-0.2, -0.15) is 0 Å². The van der Waals surface area contributed by atoms with E-state index in [4.69, 9.17) is 14.2 Å². The summed E-state index contributed by atoms with van der Waals surface area (Å²) in [5.41, 5.74) is 0.536. The zero-order valence-corrected chi connectivity index (χ0v) is 13.2. The standard InChI is InChI=1S/C14H18BrNO4/c1-18-12-7-10(11(15)8-13(12)19-2)14(17)16-9-3-5-20-6-4-9/h7-9H,3-6H2,1-2H3,(H,16,17). The maximum atomic E-state index is 12.3. The topological polar surface area (TPSA) is 56.8 Å². The Kier molecular flexibility index (Phi) is 5.25. The molecule has 0 atom stereocenters. The van der Waals surface area contributed by atoms with Crippen LogP contribution in [0.3, 0.4) is 0 Å². The Labute approximate surface area is 126 Å². The molecule has 0 radical (unpaired) electrons. The van der Waals surface area contributed by atoms with Crippen molar-refractivity contribution in [1.29, 1.82) is 0 Å². The summed E-state index contributed by atoms with van der Waals surface area (Å²) in [4.78, 5) is 12.3. The third kappa shape index (κ3) is 3.43. The Morgan fingerprint density at radius 1 is 1.25 bits per heavy atom. The summed E-state index contributed by atoms with van der Waals surface area (Å²) in [5, 5.41) is 3.02. The van der Waals surface area contributed by atoms with Gasteiger partial charge in [-0.15, -0.1) is 0 Å². The molecule has 1 aliphatic rings. The Bertz CT molecular complexity index is 486. The molecule has 1 amide bonds. The van der Waals surface area contributed by atoms with Crippen LogP contribution in [0.4, 0.5) is 0 Å². The van der Waals surface area contributed by atoms with Gasteiger partial charge in [0.25, 0.3) is 5.91 Å². The van der Waals surface area contributed by atoms with Crippen LogP contribution < -0.4 is 14.8 Å². The molecule has 0 aromatic heterocycles. The van der Waals surface area contributed by atoms with E-state index in [1.807, 2.05) is 0 Å². The van der Waals surface area contributed by atoms with E-state index < -0.39 is 0 Å². The highest BCUT2D eigenvalue weighted by Crippen LogP contribution is 2.33. The summed E-state index contributed by atoms with van der Waals surface area (Å²) in [7, 11) is 3.11. The Balaban J connectivity index is 2.16. The maximum absolute atomic E-state index is 12.3. The predicted octanol–water partition coefficient (Wildman–Crippen LogP) is 2.38. The van der Waals surface area contributed by atoms with Crippen LogP contribution in [-0.4, -0.2) is 39.4 Å². The first-order valence-electron chi connectivity index (χ1n) is 6.46. The van der Waals surface area contributed by atoms with Crippen molar-refractivity contribution in [3.63, 3.8) is 0 Å². The highest BCUT2D eigenvalue weighted by molar-refractivity contribution is 9.10. The number of ether oxygens (including phenoxy) is 3. The van der Waals surface area contributed by atoms with Gasteiger partial charge < -0.3 is 19.5 Å². The van der Waals surface area contributed by atoms with E-state index in [1.165, 1.54) is 0 Å². The van der Waals surface area contributed by atoms with Crippen LogP contribution in [-0.2, 0) is 4.74 Å². The number of amides is 1. The first kappa shape index (κ1) is 15.1. The van der Waals surface area contributed by atoms with E-state index in [2.05, 4.69) is 21.2 Å². The Morgan fingerprint density at radius 2 is 1.85 bits per heavy atom. The number of halogens is 1. The molecule has 1 aliphatic heterocycles. The van der Waals surface area contributed by atoms with Crippen molar-refractivity contribution >= 4 is 21.8 Å². The molecule has 110 valence electrons. The van der Waals surface area contributed by atoms with E-state index in [-0.39, 0.29) is 11.9 Å². The number of hydrogen-bond donors (Lipinski definition) is 1. The minimum absolute atomic E-state index is 0.121. The lowest BCUT2D eigenvalue weighted by Gasteiger charge is -2.23. The zero-order chi connectivity index (χ0) is 14.5. The van der Waals surface area contributed by atoms with Gasteiger partial charge in [0.05, 0.1) is 19.8 Å². The lowest BCUT2D eigenvalue weighted by Crippen LogP contribution is -2.39. The molecule has 5 nitrogen and oxygen atoms in total. The number of carbonyl (C=O) groups is 1. The molecule has 20 heavy (non-hydrogen) atoms.